The number of hydrogen-bond acceptors (Lipinski definition) is 8. The minimum absolute atomic E-state index is 0.124. The number of amides is 1. The Morgan fingerprint density at radius 3 is 2.85 bits per heavy atom. The molecular formula is C16H14ClN5O3S. The van der Waals surface area contributed by atoms with Crippen LogP contribution in [0.3, 0.4) is 0 Å². The van der Waals surface area contributed by atoms with Gasteiger partial charge in [-0.25, -0.2) is 0 Å². The zero-order chi connectivity index (χ0) is 17.9. The zero-order valence-electron chi connectivity index (χ0n) is 13.6. The molecule has 0 aliphatic carbocycles. The number of rotatable bonds is 6. The molecular weight excluding hydrogens is 378 g/mol. The summed E-state index contributed by atoms with van der Waals surface area (Å²) in [5.41, 5.74) is 0.800. The summed E-state index contributed by atoms with van der Waals surface area (Å²) in [5, 5.41) is 13.0. The second-order valence-electron chi connectivity index (χ2n) is 5.69. The van der Waals surface area contributed by atoms with Gasteiger partial charge in [-0.3, -0.25) is 4.79 Å². The molecule has 0 bridgehead atoms. The van der Waals surface area contributed by atoms with E-state index in [1.165, 1.54) is 11.8 Å². The summed E-state index contributed by atoms with van der Waals surface area (Å²) < 4.78 is 10.8. The molecule has 134 valence electrons. The third-order valence-corrected chi connectivity index (χ3v) is 4.90. The van der Waals surface area contributed by atoms with Crippen LogP contribution in [-0.4, -0.2) is 37.7 Å². The molecule has 0 saturated carbocycles. The van der Waals surface area contributed by atoms with Crippen LogP contribution in [0.1, 0.15) is 24.6 Å². The molecule has 1 aliphatic rings. The maximum atomic E-state index is 11.6. The summed E-state index contributed by atoms with van der Waals surface area (Å²) >= 11 is 7.18. The maximum absolute atomic E-state index is 11.6. The van der Waals surface area contributed by atoms with E-state index in [0.717, 1.165) is 18.5 Å². The maximum Gasteiger partial charge on any atom is 0.277 e. The lowest BCUT2D eigenvalue weighted by molar-refractivity contribution is -0.128. The minimum atomic E-state index is 0.124. The SMILES string of the molecule is O=C1CCCN1Cc1nnc(SCc2noc(-c3ccc(Cl)cc3)n2)o1. The molecule has 10 heteroatoms. The molecule has 1 saturated heterocycles. The number of carbonyl (C=O) groups is 1. The fourth-order valence-corrected chi connectivity index (χ4v) is 3.29. The van der Waals surface area contributed by atoms with E-state index in [0.29, 0.717) is 46.6 Å². The van der Waals surface area contributed by atoms with Crippen molar-refractivity contribution in [2.75, 3.05) is 6.54 Å². The van der Waals surface area contributed by atoms with Crippen LogP contribution in [0.5, 0.6) is 0 Å². The lowest BCUT2D eigenvalue weighted by atomic mass is 10.2. The van der Waals surface area contributed by atoms with Gasteiger partial charge in [0.05, 0.1) is 12.3 Å². The molecule has 26 heavy (non-hydrogen) atoms. The van der Waals surface area contributed by atoms with Gasteiger partial charge in [0.25, 0.3) is 11.1 Å². The predicted octanol–water partition coefficient (Wildman–Crippen LogP) is 3.19. The number of carbonyl (C=O) groups excluding carboxylic acids is 1. The number of nitrogens with zero attached hydrogens (tertiary/aromatic N) is 5. The van der Waals surface area contributed by atoms with Crippen LogP contribution in [0, 0.1) is 0 Å². The molecule has 1 amide bonds. The van der Waals surface area contributed by atoms with Crippen molar-refractivity contribution in [3.05, 3.63) is 41.0 Å². The Labute approximate surface area is 157 Å². The highest BCUT2D eigenvalue weighted by atomic mass is 35.5. The molecule has 2 aromatic heterocycles. The lowest BCUT2D eigenvalue weighted by Crippen LogP contribution is -2.23. The second-order valence-corrected chi connectivity index (χ2v) is 7.05. The van der Waals surface area contributed by atoms with E-state index in [4.69, 9.17) is 20.5 Å². The summed E-state index contributed by atoms with van der Waals surface area (Å²) in [4.78, 5) is 17.7. The normalized spacial score (nSPS) is 14.3. The van der Waals surface area contributed by atoms with Crippen molar-refractivity contribution < 1.29 is 13.7 Å². The van der Waals surface area contributed by atoms with Gasteiger partial charge in [0.15, 0.2) is 5.82 Å². The highest BCUT2D eigenvalue weighted by Crippen LogP contribution is 2.24. The van der Waals surface area contributed by atoms with E-state index in [9.17, 15) is 4.79 Å². The Bertz CT molecular complexity index is 911. The summed E-state index contributed by atoms with van der Waals surface area (Å²) in [6.45, 7) is 1.09. The quantitative estimate of drug-likeness (QED) is 0.591. The van der Waals surface area contributed by atoms with Crippen LogP contribution in [0.4, 0.5) is 0 Å². The fourth-order valence-electron chi connectivity index (χ4n) is 2.54. The fraction of sp³-hybridized carbons (Fsp3) is 0.312. The number of benzene rings is 1. The standard InChI is InChI=1S/C16H14ClN5O3S/c17-11-5-3-10(4-6-11)15-18-12(21-25-15)9-26-16-20-19-13(24-16)8-22-7-1-2-14(22)23/h3-6H,1-2,7-9H2. The average molecular weight is 392 g/mol. The molecule has 8 nitrogen and oxygen atoms in total. The van der Waals surface area contributed by atoms with Crippen molar-refractivity contribution in [1.29, 1.82) is 0 Å². The van der Waals surface area contributed by atoms with Crippen molar-refractivity contribution in [2.45, 2.75) is 30.4 Å². The third-order valence-electron chi connectivity index (χ3n) is 3.83. The summed E-state index contributed by atoms with van der Waals surface area (Å²) in [5.74, 6) is 1.93. The monoisotopic (exact) mass is 391 g/mol. The minimum Gasteiger partial charge on any atom is -0.414 e. The molecule has 3 aromatic rings. The number of halogens is 1. The van der Waals surface area contributed by atoms with Gasteiger partial charge < -0.3 is 13.8 Å². The van der Waals surface area contributed by atoms with Gasteiger partial charge in [-0.15, -0.1) is 10.2 Å². The van der Waals surface area contributed by atoms with Crippen molar-refractivity contribution in [1.82, 2.24) is 25.2 Å². The Hall–Kier alpha value is -2.39. The molecule has 1 aromatic carbocycles. The number of aromatic nitrogens is 4. The van der Waals surface area contributed by atoms with Crippen LogP contribution < -0.4 is 0 Å². The molecule has 0 spiro atoms. The average Bonchev–Trinajstić information content (AvgIpc) is 3.37. The van der Waals surface area contributed by atoms with Crippen molar-refractivity contribution in [3.63, 3.8) is 0 Å². The molecule has 0 unspecified atom stereocenters. The Morgan fingerprint density at radius 2 is 2.08 bits per heavy atom. The first-order chi connectivity index (χ1) is 12.7. The van der Waals surface area contributed by atoms with E-state index in [-0.39, 0.29) is 5.91 Å². The van der Waals surface area contributed by atoms with Crippen molar-refractivity contribution >= 4 is 29.3 Å². The Morgan fingerprint density at radius 1 is 1.23 bits per heavy atom. The number of thioether (sulfide) groups is 1. The van der Waals surface area contributed by atoms with Gasteiger partial charge in [0.2, 0.25) is 11.8 Å². The lowest BCUT2D eigenvalue weighted by Gasteiger charge is -2.11. The van der Waals surface area contributed by atoms with Crippen molar-refractivity contribution in [2.24, 2.45) is 0 Å². The molecule has 0 atom stereocenters. The summed E-state index contributed by atoms with van der Waals surface area (Å²) in [7, 11) is 0. The van der Waals surface area contributed by atoms with Crippen LogP contribution in [0.15, 0.2) is 38.4 Å². The van der Waals surface area contributed by atoms with E-state index in [1.807, 2.05) is 12.1 Å². The van der Waals surface area contributed by atoms with E-state index >= 15 is 0 Å². The first-order valence-corrected chi connectivity index (χ1v) is 9.35. The highest BCUT2D eigenvalue weighted by Gasteiger charge is 2.22. The number of likely N-dealkylation sites (tertiary alicyclic amines) is 1. The van der Waals surface area contributed by atoms with Gasteiger partial charge in [-0.1, -0.05) is 28.5 Å². The predicted molar refractivity (Wildman–Crippen MR) is 93.3 cm³/mol. The second kappa shape index (κ2) is 7.46. The van der Waals surface area contributed by atoms with Crippen LogP contribution in [-0.2, 0) is 17.1 Å². The van der Waals surface area contributed by atoms with Gasteiger partial charge in [0.1, 0.15) is 0 Å². The molecule has 1 aliphatic heterocycles. The zero-order valence-corrected chi connectivity index (χ0v) is 15.2. The molecule has 4 rings (SSSR count). The molecule has 0 N–H and O–H groups in total. The molecule has 0 radical (unpaired) electrons. The van der Waals surface area contributed by atoms with Crippen LogP contribution >= 0.6 is 23.4 Å². The van der Waals surface area contributed by atoms with Crippen LogP contribution in [0.25, 0.3) is 11.5 Å². The van der Waals surface area contributed by atoms with Gasteiger partial charge in [-0.2, -0.15) is 4.98 Å². The van der Waals surface area contributed by atoms with Gasteiger partial charge in [0, 0.05) is 23.6 Å². The van der Waals surface area contributed by atoms with E-state index in [2.05, 4.69) is 20.3 Å². The smallest absolute Gasteiger partial charge is 0.277 e. The molecule has 3 heterocycles. The Balaban J connectivity index is 1.34. The molecule has 1 fully saturated rings. The van der Waals surface area contributed by atoms with Crippen LogP contribution in [0.2, 0.25) is 5.02 Å². The topological polar surface area (TPSA) is 98.2 Å². The van der Waals surface area contributed by atoms with Gasteiger partial charge >= 0.3 is 0 Å². The van der Waals surface area contributed by atoms with E-state index < -0.39 is 0 Å². The summed E-state index contributed by atoms with van der Waals surface area (Å²) in [6.07, 6.45) is 1.46. The summed E-state index contributed by atoms with van der Waals surface area (Å²) in [6, 6.07) is 7.16. The first-order valence-electron chi connectivity index (χ1n) is 7.99. The van der Waals surface area contributed by atoms with E-state index in [1.54, 1.807) is 17.0 Å². The third kappa shape index (κ3) is 3.88. The van der Waals surface area contributed by atoms with Gasteiger partial charge in [-0.05, 0) is 30.7 Å². The largest absolute Gasteiger partial charge is 0.414 e. The first kappa shape index (κ1) is 17.0. The Kier molecular flexibility index (Phi) is 4.89. The number of hydrogen-bond donors (Lipinski definition) is 0. The van der Waals surface area contributed by atoms with Crippen molar-refractivity contribution in [3.8, 4) is 11.5 Å². The highest BCUT2D eigenvalue weighted by molar-refractivity contribution is 7.98.